The fraction of sp³-hybridized carbons (Fsp3) is 0.263. The molecular formula is C19H18Br2N2. The first kappa shape index (κ1) is 15.4. The minimum Gasteiger partial charge on any atom is -0.356 e. The van der Waals surface area contributed by atoms with E-state index in [9.17, 15) is 0 Å². The number of aromatic nitrogens is 1. The van der Waals surface area contributed by atoms with E-state index in [1.54, 1.807) is 0 Å². The quantitative estimate of drug-likeness (QED) is 0.517. The average molecular weight is 434 g/mol. The summed E-state index contributed by atoms with van der Waals surface area (Å²) in [7, 11) is 0. The summed E-state index contributed by atoms with van der Waals surface area (Å²) >= 11 is 7.18. The molecule has 0 aliphatic carbocycles. The summed E-state index contributed by atoms with van der Waals surface area (Å²) in [5.41, 5.74) is 8.00. The van der Waals surface area contributed by atoms with Crippen molar-refractivity contribution in [3.8, 4) is 0 Å². The summed E-state index contributed by atoms with van der Waals surface area (Å²) in [5, 5.41) is 5.05. The standard InChI is InChI=1S/C19H18Br2N2/c1-10-7-11(2)17-14(8-10)13-5-6-22-18(19(13)23-17)12-3-4-15(20)16(21)9-12/h3-4,7-9,18,22-23H,5-6H2,1-2H3. The van der Waals surface area contributed by atoms with Crippen LogP contribution >= 0.6 is 31.9 Å². The van der Waals surface area contributed by atoms with Crippen LogP contribution in [-0.2, 0) is 6.42 Å². The number of aryl methyl sites for hydroxylation is 2. The minimum atomic E-state index is 0.218. The van der Waals surface area contributed by atoms with E-state index in [1.807, 2.05) is 0 Å². The van der Waals surface area contributed by atoms with Gasteiger partial charge in [-0.15, -0.1) is 0 Å². The average Bonchev–Trinajstić information content (AvgIpc) is 2.89. The molecule has 0 saturated heterocycles. The Morgan fingerprint density at radius 3 is 2.65 bits per heavy atom. The molecule has 3 aromatic rings. The maximum Gasteiger partial charge on any atom is 0.0732 e. The number of fused-ring (bicyclic) bond motifs is 3. The summed E-state index contributed by atoms with van der Waals surface area (Å²) < 4.78 is 2.17. The van der Waals surface area contributed by atoms with Crippen molar-refractivity contribution in [3.05, 3.63) is 67.2 Å². The van der Waals surface area contributed by atoms with E-state index in [0.717, 1.165) is 21.9 Å². The van der Waals surface area contributed by atoms with Crippen LogP contribution in [0.1, 0.15) is 34.0 Å². The van der Waals surface area contributed by atoms with Crippen molar-refractivity contribution in [2.24, 2.45) is 0 Å². The van der Waals surface area contributed by atoms with Crippen LogP contribution in [0.25, 0.3) is 10.9 Å². The molecule has 1 unspecified atom stereocenters. The number of hydrogen-bond donors (Lipinski definition) is 2. The molecule has 4 heteroatoms. The molecule has 0 spiro atoms. The lowest BCUT2D eigenvalue weighted by atomic mass is 9.94. The van der Waals surface area contributed by atoms with Crippen LogP contribution in [0.15, 0.2) is 39.3 Å². The summed E-state index contributed by atoms with van der Waals surface area (Å²) in [5.74, 6) is 0. The third-order valence-corrected chi connectivity index (χ3v) is 6.56. The zero-order valence-corrected chi connectivity index (χ0v) is 16.3. The van der Waals surface area contributed by atoms with Gasteiger partial charge in [0.25, 0.3) is 0 Å². The van der Waals surface area contributed by atoms with Gasteiger partial charge in [0.1, 0.15) is 0 Å². The Morgan fingerprint density at radius 1 is 1.04 bits per heavy atom. The van der Waals surface area contributed by atoms with E-state index >= 15 is 0 Å². The molecule has 1 aromatic heterocycles. The Kier molecular flexibility index (Phi) is 3.87. The van der Waals surface area contributed by atoms with Crippen molar-refractivity contribution in [2.45, 2.75) is 26.3 Å². The first-order valence-corrected chi connectivity index (χ1v) is 9.43. The predicted molar refractivity (Wildman–Crippen MR) is 103 cm³/mol. The van der Waals surface area contributed by atoms with Crippen molar-refractivity contribution < 1.29 is 0 Å². The lowest BCUT2D eigenvalue weighted by Gasteiger charge is -2.25. The van der Waals surface area contributed by atoms with Gasteiger partial charge in [-0.05, 0) is 87.0 Å². The number of rotatable bonds is 1. The topological polar surface area (TPSA) is 27.8 Å². The fourth-order valence-electron chi connectivity index (χ4n) is 3.66. The first-order chi connectivity index (χ1) is 11.0. The van der Waals surface area contributed by atoms with Gasteiger partial charge in [0.05, 0.1) is 6.04 Å². The highest BCUT2D eigenvalue weighted by Crippen LogP contribution is 2.36. The zero-order valence-electron chi connectivity index (χ0n) is 13.1. The third kappa shape index (κ3) is 2.57. The molecule has 2 nitrogen and oxygen atoms in total. The molecular weight excluding hydrogens is 416 g/mol. The van der Waals surface area contributed by atoms with Crippen LogP contribution in [0, 0.1) is 13.8 Å². The number of aromatic amines is 1. The molecule has 0 bridgehead atoms. The molecule has 0 amide bonds. The van der Waals surface area contributed by atoms with Crippen LogP contribution in [0.5, 0.6) is 0 Å². The predicted octanol–water partition coefficient (Wildman–Crippen LogP) is 5.54. The number of benzene rings is 2. The Hall–Kier alpha value is -1.10. The molecule has 23 heavy (non-hydrogen) atoms. The molecule has 0 fully saturated rings. The molecule has 1 aliphatic heterocycles. The summed E-state index contributed by atoms with van der Waals surface area (Å²) in [6.07, 6.45) is 1.08. The van der Waals surface area contributed by atoms with E-state index in [4.69, 9.17) is 0 Å². The number of H-pyrrole nitrogens is 1. The molecule has 0 radical (unpaired) electrons. The number of halogens is 2. The second-order valence-corrected chi connectivity index (χ2v) is 8.04. The molecule has 0 saturated carbocycles. The SMILES string of the molecule is Cc1cc(C)c2[nH]c3c(c2c1)CCNC3c1ccc(Br)c(Br)c1. The highest BCUT2D eigenvalue weighted by Gasteiger charge is 2.26. The van der Waals surface area contributed by atoms with Gasteiger partial charge in [0.15, 0.2) is 0 Å². The molecule has 2 heterocycles. The smallest absolute Gasteiger partial charge is 0.0732 e. The van der Waals surface area contributed by atoms with Gasteiger partial charge in [-0.3, -0.25) is 0 Å². The Bertz CT molecular complexity index is 911. The number of nitrogens with one attached hydrogen (secondary N) is 2. The van der Waals surface area contributed by atoms with Gasteiger partial charge in [-0.25, -0.2) is 0 Å². The van der Waals surface area contributed by atoms with E-state index in [2.05, 4.69) is 86.3 Å². The van der Waals surface area contributed by atoms with Gasteiger partial charge >= 0.3 is 0 Å². The molecule has 118 valence electrons. The molecule has 1 atom stereocenters. The van der Waals surface area contributed by atoms with Crippen LogP contribution in [0.4, 0.5) is 0 Å². The fourth-order valence-corrected chi connectivity index (χ4v) is 4.31. The van der Waals surface area contributed by atoms with Crippen molar-refractivity contribution >= 4 is 42.8 Å². The Labute approximate surface area is 152 Å². The molecule has 2 aromatic carbocycles. The van der Waals surface area contributed by atoms with Crippen LogP contribution < -0.4 is 5.32 Å². The number of hydrogen-bond acceptors (Lipinski definition) is 1. The van der Waals surface area contributed by atoms with E-state index in [-0.39, 0.29) is 6.04 Å². The van der Waals surface area contributed by atoms with Crippen LogP contribution in [0.3, 0.4) is 0 Å². The minimum absolute atomic E-state index is 0.218. The third-order valence-electron chi connectivity index (χ3n) is 4.68. The van der Waals surface area contributed by atoms with Gasteiger partial charge < -0.3 is 10.3 Å². The second kappa shape index (κ2) is 5.76. The van der Waals surface area contributed by atoms with E-state index in [0.29, 0.717) is 0 Å². The Balaban J connectivity index is 1.91. The highest BCUT2D eigenvalue weighted by atomic mass is 79.9. The summed E-state index contributed by atoms with van der Waals surface area (Å²) in [6.45, 7) is 5.37. The van der Waals surface area contributed by atoms with Gasteiger partial charge in [0, 0.05) is 32.1 Å². The van der Waals surface area contributed by atoms with E-state index in [1.165, 1.54) is 38.9 Å². The van der Waals surface area contributed by atoms with Gasteiger partial charge in [-0.2, -0.15) is 0 Å². The zero-order chi connectivity index (χ0) is 16.1. The highest BCUT2D eigenvalue weighted by molar-refractivity contribution is 9.13. The van der Waals surface area contributed by atoms with Crippen molar-refractivity contribution in [1.82, 2.24) is 10.3 Å². The first-order valence-electron chi connectivity index (χ1n) is 7.84. The molecule has 1 aliphatic rings. The van der Waals surface area contributed by atoms with Crippen molar-refractivity contribution in [1.29, 1.82) is 0 Å². The maximum atomic E-state index is 3.70. The normalized spacial score (nSPS) is 17.5. The summed E-state index contributed by atoms with van der Waals surface area (Å²) in [6, 6.07) is 11.3. The van der Waals surface area contributed by atoms with Crippen molar-refractivity contribution in [2.75, 3.05) is 6.54 Å². The monoisotopic (exact) mass is 432 g/mol. The largest absolute Gasteiger partial charge is 0.356 e. The maximum absolute atomic E-state index is 3.70. The summed E-state index contributed by atoms with van der Waals surface area (Å²) in [4.78, 5) is 3.70. The lowest BCUT2D eigenvalue weighted by molar-refractivity contribution is 0.560. The molecule has 2 N–H and O–H groups in total. The van der Waals surface area contributed by atoms with Gasteiger partial charge in [0.2, 0.25) is 0 Å². The van der Waals surface area contributed by atoms with Crippen molar-refractivity contribution in [3.63, 3.8) is 0 Å². The second-order valence-electron chi connectivity index (χ2n) is 6.33. The van der Waals surface area contributed by atoms with E-state index < -0.39 is 0 Å². The van der Waals surface area contributed by atoms with Crippen LogP contribution in [0.2, 0.25) is 0 Å². The van der Waals surface area contributed by atoms with Gasteiger partial charge in [-0.1, -0.05) is 17.7 Å². The Morgan fingerprint density at radius 2 is 1.87 bits per heavy atom. The van der Waals surface area contributed by atoms with Crippen LogP contribution in [-0.4, -0.2) is 11.5 Å². The molecule has 4 rings (SSSR count). The lowest BCUT2D eigenvalue weighted by Crippen LogP contribution is -2.30.